The van der Waals surface area contributed by atoms with Gasteiger partial charge in [0.25, 0.3) is 0 Å². The molecule has 0 spiro atoms. The third kappa shape index (κ3) is 3.94. The zero-order valence-corrected chi connectivity index (χ0v) is 12.1. The SMILES string of the molecule is COc1ccc(S(=O)(=O)NC2CCCCCC2)cc1. The Labute approximate surface area is 115 Å². The van der Waals surface area contributed by atoms with Gasteiger partial charge in [0.2, 0.25) is 10.0 Å². The molecule has 4 nitrogen and oxygen atoms in total. The summed E-state index contributed by atoms with van der Waals surface area (Å²) in [5.41, 5.74) is 0. The van der Waals surface area contributed by atoms with Gasteiger partial charge in [-0.05, 0) is 37.1 Å². The molecule has 1 saturated carbocycles. The summed E-state index contributed by atoms with van der Waals surface area (Å²) < 4.78 is 32.4. The molecule has 1 fully saturated rings. The summed E-state index contributed by atoms with van der Waals surface area (Å²) >= 11 is 0. The average Bonchev–Trinajstić information content (AvgIpc) is 2.67. The number of ether oxygens (including phenoxy) is 1. The minimum atomic E-state index is -3.41. The van der Waals surface area contributed by atoms with E-state index in [1.54, 1.807) is 31.4 Å². The fraction of sp³-hybridized carbons (Fsp3) is 0.571. The van der Waals surface area contributed by atoms with Crippen LogP contribution in [0, 0.1) is 0 Å². The van der Waals surface area contributed by atoms with Gasteiger partial charge in [-0.1, -0.05) is 25.7 Å². The molecule has 0 bridgehead atoms. The third-order valence-electron chi connectivity index (χ3n) is 3.55. The molecule has 0 unspecified atom stereocenters. The lowest BCUT2D eigenvalue weighted by Crippen LogP contribution is -2.34. The zero-order valence-electron chi connectivity index (χ0n) is 11.3. The molecule has 0 saturated heterocycles. The Bertz CT molecular complexity index is 488. The van der Waals surface area contributed by atoms with Gasteiger partial charge in [-0.25, -0.2) is 13.1 Å². The number of benzene rings is 1. The number of hydrogen-bond donors (Lipinski definition) is 1. The van der Waals surface area contributed by atoms with Crippen molar-refractivity contribution in [2.45, 2.75) is 49.5 Å². The Morgan fingerprint density at radius 3 is 2.16 bits per heavy atom. The zero-order chi connectivity index (χ0) is 13.7. The molecule has 0 atom stereocenters. The summed E-state index contributed by atoms with van der Waals surface area (Å²) in [4.78, 5) is 0.303. The fourth-order valence-electron chi connectivity index (χ4n) is 2.44. The molecular formula is C14H21NO3S. The highest BCUT2D eigenvalue weighted by Gasteiger charge is 2.20. The van der Waals surface area contributed by atoms with Crippen LogP contribution in [-0.4, -0.2) is 21.6 Å². The van der Waals surface area contributed by atoms with Crippen molar-refractivity contribution in [1.29, 1.82) is 0 Å². The first kappa shape index (κ1) is 14.3. The molecular weight excluding hydrogens is 262 g/mol. The van der Waals surface area contributed by atoms with E-state index >= 15 is 0 Å². The van der Waals surface area contributed by atoms with Crippen molar-refractivity contribution < 1.29 is 13.2 Å². The van der Waals surface area contributed by atoms with Crippen molar-refractivity contribution in [3.63, 3.8) is 0 Å². The van der Waals surface area contributed by atoms with Crippen molar-refractivity contribution in [2.24, 2.45) is 0 Å². The summed E-state index contributed by atoms with van der Waals surface area (Å²) in [5.74, 6) is 0.661. The molecule has 1 aromatic carbocycles. The Balaban J connectivity index is 2.07. The van der Waals surface area contributed by atoms with Gasteiger partial charge in [0.05, 0.1) is 12.0 Å². The molecule has 2 rings (SSSR count). The minimum absolute atomic E-state index is 0.0783. The first-order chi connectivity index (χ1) is 9.12. The Hall–Kier alpha value is -1.07. The van der Waals surface area contributed by atoms with E-state index in [0.29, 0.717) is 10.6 Å². The van der Waals surface area contributed by atoms with Gasteiger partial charge >= 0.3 is 0 Å². The van der Waals surface area contributed by atoms with Crippen LogP contribution in [-0.2, 0) is 10.0 Å². The number of nitrogens with one attached hydrogen (secondary N) is 1. The monoisotopic (exact) mass is 283 g/mol. The van der Waals surface area contributed by atoms with Crippen molar-refractivity contribution >= 4 is 10.0 Å². The summed E-state index contributed by atoms with van der Waals surface area (Å²) in [5, 5.41) is 0. The molecule has 106 valence electrons. The van der Waals surface area contributed by atoms with Gasteiger partial charge in [-0.15, -0.1) is 0 Å². The summed E-state index contributed by atoms with van der Waals surface area (Å²) in [6.45, 7) is 0. The van der Waals surface area contributed by atoms with E-state index in [4.69, 9.17) is 4.74 Å². The van der Waals surface area contributed by atoms with Crippen LogP contribution in [0.3, 0.4) is 0 Å². The minimum Gasteiger partial charge on any atom is -0.497 e. The van der Waals surface area contributed by atoms with E-state index in [0.717, 1.165) is 25.7 Å². The van der Waals surface area contributed by atoms with Crippen LogP contribution in [0.5, 0.6) is 5.75 Å². The normalized spacial score (nSPS) is 17.9. The fourth-order valence-corrected chi connectivity index (χ4v) is 3.74. The van der Waals surface area contributed by atoms with Crippen LogP contribution >= 0.6 is 0 Å². The van der Waals surface area contributed by atoms with Crippen LogP contribution in [0.2, 0.25) is 0 Å². The molecule has 0 aromatic heterocycles. The smallest absolute Gasteiger partial charge is 0.240 e. The van der Waals surface area contributed by atoms with E-state index in [9.17, 15) is 8.42 Å². The van der Waals surface area contributed by atoms with Crippen molar-refractivity contribution in [2.75, 3.05) is 7.11 Å². The van der Waals surface area contributed by atoms with Crippen molar-refractivity contribution in [3.8, 4) is 5.75 Å². The van der Waals surface area contributed by atoms with Crippen LogP contribution in [0.25, 0.3) is 0 Å². The Morgan fingerprint density at radius 1 is 1.05 bits per heavy atom. The van der Waals surface area contributed by atoms with Crippen LogP contribution in [0.1, 0.15) is 38.5 Å². The predicted octanol–water partition coefficient (Wildman–Crippen LogP) is 2.70. The van der Waals surface area contributed by atoms with Crippen LogP contribution in [0.4, 0.5) is 0 Å². The molecule has 0 radical (unpaired) electrons. The molecule has 1 aliphatic rings. The second-order valence-electron chi connectivity index (χ2n) is 4.99. The van der Waals surface area contributed by atoms with E-state index in [1.807, 2.05) is 0 Å². The highest BCUT2D eigenvalue weighted by Crippen LogP contribution is 2.20. The maximum atomic E-state index is 12.3. The lowest BCUT2D eigenvalue weighted by molar-refractivity contribution is 0.414. The first-order valence-corrected chi connectivity index (χ1v) is 8.26. The van der Waals surface area contributed by atoms with Gasteiger partial charge < -0.3 is 4.74 Å². The maximum absolute atomic E-state index is 12.3. The second kappa shape index (κ2) is 6.39. The molecule has 1 aliphatic carbocycles. The van der Waals surface area contributed by atoms with Gasteiger partial charge in [0.1, 0.15) is 5.75 Å². The standard InChI is InChI=1S/C14H21NO3S/c1-18-13-8-10-14(11-9-13)19(16,17)15-12-6-4-2-3-5-7-12/h8-12,15H,2-7H2,1H3. The maximum Gasteiger partial charge on any atom is 0.240 e. The summed E-state index contributed by atoms with van der Waals surface area (Å²) in [6.07, 6.45) is 6.51. The highest BCUT2D eigenvalue weighted by molar-refractivity contribution is 7.89. The van der Waals surface area contributed by atoms with Crippen molar-refractivity contribution in [1.82, 2.24) is 4.72 Å². The number of sulfonamides is 1. The highest BCUT2D eigenvalue weighted by atomic mass is 32.2. The topological polar surface area (TPSA) is 55.4 Å². The van der Waals surface area contributed by atoms with Crippen LogP contribution < -0.4 is 9.46 Å². The first-order valence-electron chi connectivity index (χ1n) is 6.78. The van der Waals surface area contributed by atoms with E-state index in [1.165, 1.54) is 12.8 Å². The molecule has 1 aromatic rings. The molecule has 1 N–H and O–H groups in total. The van der Waals surface area contributed by atoms with E-state index in [-0.39, 0.29) is 6.04 Å². The summed E-state index contributed by atoms with van der Waals surface area (Å²) in [7, 11) is -1.84. The number of methoxy groups -OCH3 is 1. The molecule has 5 heteroatoms. The Kier molecular flexibility index (Phi) is 4.82. The van der Waals surface area contributed by atoms with E-state index < -0.39 is 10.0 Å². The van der Waals surface area contributed by atoms with Gasteiger partial charge in [-0.2, -0.15) is 0 Å². The third-order valence-corrected chi connectivity index (χ3v) is 5.08. The number of hydrogen-bond acceptors (Lipinski definition) is 3. The quantitative estimate of drug-likeness (QED) is 0.864. The van der Waals surface area contributed by atoms with Gasteiger partial charge in [0.15, 0.2) is 0 Å². The summed E-state index contributed by atoms with van der Waals surface area (Å²) in [6, 6.07) is 6.58. The lowest BCUT2D eigenvalue weighted by atomic mass is 10.1. The van der Waals surface area contributed by atoms with Gasteiger partial charge in [0, 0.05) is 6.04 Å². The molecule has 19 heavy (non-hydrogen) atoms. The van der Waals surface area contributed by atoms with Crippen LogP contribution in [0.15, 0.2) is 29.2 Å². The van der Waals surface area contributed by atoms with E-state index in [2.05, 4.69) is 4.72 Å². The average molecular weight is 283 g/mol. The Morgan fingerprint density at radius 2 is 1.63 bits per heavy atom. The predicted molar refractivity (Wildman–Crippen MR) is 74.8 cm³/mol. The molecule has 0 aliphatic heterocycles. The lowest BCUT2D eigenvalue weighted by Gasteiger charge is -2.16. The second-order valence-corrected chi connectivity index (χ2v) is 6.70. The van der Waals surface area contributed by atoms with Gasteiger partial charge in [-0.3, -0.25) is 0 Å². The number of rotatable bonds is 4. The van der Waals surface area contributed by atoms with Crippen molar-refractivity contribution in [3.05, 3.63) is 24.3 Å². The molecule has 0 heterocycles. The largest absolute Gasteiger partial charge is 0.497 e. The molecule has 0 amide bonds.